The van der Waals surface area contributed by atoms with Crippen molar-refractivity contribution in [3.05, 3.63) is 95.1 Å². The Bertz CT molecular complexity index is 1380. The largest absolute Gasteiger partial charge is 0.297 e. The number of rotatable bonds is 6. The molecule has 10 nitrogen and oxygen atoms in total. The van der Waals surface area contributed by atoms with Gasteiger partial charge in [0, 0.05) is 63.9 Å². The molecule has 1 N–H and O–H groups in total. The number of nitrogens with one attached hydrogen (secondary N) is 1. The Morgan fingerprint density at radius 3 is 2.13 bits per heavy atom. The molecule has 6 rings (SSSR count). The van der Waals surface area contributed by atoms with Crippen molar-refractivity contribution in [2.24, 2.45) is 0 Å². The molecule has 2 aromatic heterocycles. The standard InChI is InChI=1S/C29H28N6O4/c36-25-8-7-24(27(37)32-25)35-28(38)22-6-5-19(15-23(22)29(35)39)18-33-11-13-34(14-12-33)26(20-3-1-9-30-16-20)21-4-2-10-31-17-21/h1-6,9-10,15-17,24,26H,7-8,11-14,18H2,(H,32,36,37). The number of nitrogens with zero attached hydrogens (tertiary/aromatic N) is 5. The van der Waals surface area contributed by atoms with Crippen LogP contribution in [-0.2, 0) is 16.1 Å². The van der Waals surface area contributed by atoms with Crippen LogP contribution in [0.5, 0.6) is 0 Å². The van der Waals surface area contributed by atoms with Crippen molar-refractivity contribution in [3.63, 3.8) is 0 Å². The zero-order valence-electron chi connectivity index (χ0n) is 21.3. The number of imide groups is 2. The highest BCUT2D eigenvalue weighted by Crippen LogP contribution is 2.31. The molecule has 198 valence electrons. The molecule has 3 aliphatic rings. The van der Waals surface area contributed by atoms with Crippen molar-refractivity contribution in [2.75, 3.05) is 26.2 Å². The van der Waals surface area contributed by atoms with Gasteiger partial charge in [-0.25, -0.2) is 0 Å². The van der Waals surface area contributed by atoms with Gasteiger partial charge >= 0.3 is 0 Å². The lowest BCUT2D eigenvalue weighted by molar-refractivity contribution is -0.136. The van der Waals surface area contributed by atoms with Crippen molar-refractivity contribution >= 4 is 23.6 Å². The van der Waals surface area contributed by atoms with E-state index < -0.39 is 23.8 Å². The van der Waals surface area contributed by atoms with Crippen LogP contribution in [0.2, 0.25) is 0 Å². The van der Waals surface area contributed by atoms with Gasteiger partial charge in [-0.1, -0.05) is 18.2 Å². The number of amides is 4. The highest BCUT2D eigenvalue weighted by molar-refractivity contribution is 6.23. The van der Waals surface area contributed by atoms with Gasteiger partial charge in [0.2, 0.25) is 11.8 Å². The Balaban J connectivity index is 1.14. The highest BCUT2D eigenvalue weighted by Gasteiger charge is 2.44. The van der Waals surface area contributed by atoms with E-state index in [4.69, 9.17) is 0 Å². The molecule has 0 aliphatic carbocycles. The van der Waals surface area contributed by atoms with Crippen molar-refractivity contribution in [3.8, 4) is 0 Å². The van der Waals surface area contributed by atoms with Crippen LogP contribution in [0.15, 0.2) is 67.3 Å². The van der Waals surface area contributed by atoms with Crippen LogP contribution in [0.3, 0.4) is 0 Å². The van der Waals surface area contributed by atoms with Gasteiger partial charge in [-0.05, 0) is 47.4 Å². The van der Waals surface area contributed by atoms with E-state index in [1.807, 2.05) is 30.6 Å². The first kappa shape index (κ1) is 25.0. The van der Waals surface area contributed by atoms with E-state index in [1.54, 1.807) is 24.5 Å². The predicted octanol–water partition coefficient (Wildman–Crippen LogP) is 1.78. The molecule has 2 fully saturated rings. The number of fused-ring (bicyclic) bond motifs is 1. The molecule has 0 radical (unpaired) electrons. The van der Waals surface area contributed by atoms with E-state index >= 15 is 0 Å². The fourth-order valence-electron chi connectivity index (χ4n) is 5.74. The summed E-state index contributed by atoms with van der Waals surface area (Å²) in [6.07, 6.45) is 7.62. The van der Waals surface area contributed by atoms with Crippen LogP contribution in [0.1, 0.15) is 56.3 Å². The second kappa shape index (κ2) is 10.5. The van der Waals surface area contributed by atoms with Crippen molar-refractivity contribution in [1.29, 1.82) is 0 Å². The van der Waals surface area contributed by atoms with E-state index in [0.717, 1.165) is 47.8 Å². The van der Waals surface area contributed by atoms with Gasteiger partial charge in [-0.15, -0.1) is 0 Å². The Morgan fingerprint density at radius 1 is 0.846 bits per heavy atom. The Labute approximate surface area is 225 Å². The maximum absolute atomic E-state index is 13.2. The highest BCUT2D eigenvalue weighted by atomic mass is 16.2. The number of piperidine rings is 1. The van der Waals surface area contributed by atoms with Gasteiger partial charge in [0.1, 0.15) is 6.04 Å². The number of piperazine rings is 1. The summed E-state index contributed by atoms with van der Waals surface area (Å²) in [5, 5.41) is 2.23. The number of pyridine rings is 2. The Hall–Kier alpha value is -4.28. The number of carbonyl (C=O) groups is 4. The fraction of sp³-hybridized carbons (Fsp3) is 0.310. The summed E-state index contributed by atoms with van der Waals surface area (Å²) in [5.41, 5.74) is 3.80. The zero-order chi connectivity index (χ0) is 26.9. The van der Waals surface area contributed by atoms with Gasteiger partial charge in [0.25, 0.3) is 11.8 Å². The maximum atomic E-state index is 13.2. The van der Waals surface area contributed by atoms with E-state index in [9.17, 15) is 19.2 Å². The first-order valence-corrected chi connectivity index (χ1v) is 13.1. The van der Waals surface area contributed by atoms with Crippen LogP contribution < -0.4 is 5.32 Å². The molecule has 3 aliphatic heterocycles. The van der Waals surface area contributed by atoms with Gasteiger partial charge in [-0.3, -0.25) is 49.2 Å². The third kappa shape index (κ3) is 4.84. The molecule has 1 unspecified atom stereocenters. The van der Waals surface area contributed by atoms with Crippen molar-refractivity contribution < 1.29 is 19.2 Å². The second-order valence-electron chi connectivity index (χ2n) is 10.1. The SMILES string of the molecule is O=C1CCC(N2C(=O)c3ccc(CN4CCN(C(c5cccnc5)c5cccnc5)CC4)cc3C2=O)C(=O)N1. The molecule has 5 heterocycles. The lowest BCUT2D eigenvalue weighted by atomic mass is 9.99. The van der Waals surface area contributed by atoms with E-state index in [0.29, 0.717) is 17.7 Å². The van der Waals surface area contributed by atoms with Gasteiger partial charge < -0.3 is 0 Å². The fourth-order valence-corrected chi connectivity index (χ4v) is 5.74. The summed E-state index contributed by atoms with van der Waals surface area (Å²) < 4.78 is 0. The van der Waals surface area contributed by atoms with Gasteiger partial charge in [0.05, 0.1) is 17.2 Å². The normalized spacial score (nSPS) is 20.4. The third-order valence-corrected chi connectivity index (χ3v) is 7.68. The molecule has 39 heavy (non-hydrogen) atoms. The maximum Gasteiger partial charge on any atom is 0.262 e. The summed E-state index contributed by atoms with van der Waals surface area (Å²) in [6.45, 7) is 4.01. The van der Waals surface area contributed by atoms with Gasteiger partial charge in [0.15, 0.2) is 0 Å². The number of hydrogen-bond acceptors (Lipinski definition) is 8. The molecular formula is C29H28N6O4. The molecule has 0 saturated carbocycles. The minimum absolute atomic E-state index is 0.0662. The molecular weight excluding hydrogens is 496 g/mol. The van der Waals surface area contributed by atoms with Crippen molar-refractivity contribution in [1.82, 2.24) is 30.0 Å². The van der Waals surface area contributed by atoms with E-state index in [2.05, 4.69) is 37.2 Å². The van der Waals surface area contributed by atoms with Crippen molar-refractivity contribution in [2.45, 2.75) is 31.5 Å². The molecule has 10 heteroatoms. The zero-order valence-corrected chi connectivity index (χ0v) is 21.3. The van der Waals surface area contributed by atoms with E-state index in [1.165, 1.54) is 0 Å². The lowest BCUT2D eigenvalue weighted by Crippen LogP contribution is -2.54. The quantitative estimate of drug-likeness (QED) is 0.486. The first-order valence-electron chi connectivity index (χ1n) is 13.1. The number of aromatic nitrogens is 2. The minimum Gasteiger partial charge on any atom is -0.297 e. The summed E-state index contributed by atoms with van der Waals surface area (Å²) in [4.78, 5) is 64.4. The van der Waals surface area contributed by atoms with Crippen LogP contribution in [0.4, 0.5) is 0 Å². The Morgan fingerprint density at radius 2 is 1.51 bits per heavy atom. The van der Waals surface area contributed by atoms with Crippen LogP contribution in [0.25, 0.3) is 0 Å². The third-order valence-electron chi connectivity index (χ3n) is 7.68. The number of benzene rings is 1. The summed E-state index contributed by atoms with van der Waals surface area (Å²) in [7, 11) is 0. The lowest BCUT2D eigenvalue weighted by Gasteiger charge is -2.39. The first-order chi connectivity index (χ1) is 19.0. The van der Waals surface area contributed by atoms with Gasteiger partial charge in [-0.2, -0.15) is 0 Å². The second-order valence-corrected chi connectivity index (χ2v) is 10.1. The molecule has 1 aromatic carbocycles. The number of hydrogen-bond donors (Lipinski definition) is 1. The van der Waals surface area contributed by atoms with Crippen LogP contribution in [0, 0.1) is 0 Å². The predicted molar refractivity (Wildman–Crippen MR) is 140 cm³/mol. The topological polar surface area (TPSA) is 116 Å². The molecule has 3 aromatic rings. The summed E-state index contributed by atoms with van der Waals surface area (Å²) in [6, 6.07) is 12.5. The monoisotopic (exact) mass is 524 g/mol. The molecule has 2 saturated heterocycles. The minimum atomic E-state index is -0.959. The average Bonchev–Trinajstić information content (AvgIpc) is 3.20. The number of carbonyl (C=O) groups excluding carboxylic acids is 4. The summed E-state index contributed by atoms with van der Waals surface area (Å²) in [5.74, 6) is -1.95. The summed E-state index contributed by atoms with van der Waals surface area (Å²) >= 11 is 0. The van der Waals surface area contributed by atoms with Crippen LogP contribution >= 0.6 is 0 Å². The van der Waals surface area contributed by atoms with Crippen LogP contribution in [-0.4, -0.2) is 80.5 Å². The molecule has 1 atom stereocenters. The Kier molecular flexibility index (Phi) is 6.72. The van der Waals surface area contributed by atoms with E-state index in [-0.39, 0.29) is 24.8 Å². The molecule has 0 spiro atoms. The molecule has 4 amide bonds. The average molecular weight is 525 g/mol. The molecule has 0 bridgehead atoms. The smallest absolute Gasteiger partial charge is 0.262 e.